The van der Waals surface area contributed by atoms with E-state index in [2.05, 4.69) is 15.9 Å². The molecule has 0 radical (unpaired) electrons. The van der Waals surface area contributed by atoms with Gasteiger partial charge in [-0.15, -0.1) is 0 Å². The number of hydrogen-bond acceptors (Lipinski definition) is 3. The molecule has 0 saturated carbocycles. The van der Waals surface area contributed by atoms with Crippen molar-refractivity contribution in [3.8, 4) is 5.75 Å². The molecule has 0 aliphatic rings. The van der Waals surface area contributed by atoms with Crippen molar-refractivity contribution in [3.05, 3.63) is 28.2 Å². The number of ether oxygens (including phenoxy) is 1. The Morgan fingerprint density at radius 1 is 1.35 bits per heavy atom. The van der Waals surface area contributed by atoms with Crippen LogP contribution in [0.2, 0.25) is 0 Å². The molecule has 2 N–H and O–H groups in total. The predicted molar refractivity (Wildman–Crippen MR) is 62.1 cm³/mol. The summed E-state index contributed by atoms with van der Waals surface area (Å²) in [5.74, 6) is -2.69. The lowest BCUT2D eigenvalue weighted by Gasteiger charge is -2.07. The first-order chi connectivity index (χ1) is 7.79. The SMILES string of the molecule is NS(=O)(=O)CCCOc1cc(Br)cc(F)c1F. The van der Waals surface area contributed by atoms with Crippen molar-refractivity contribution in [1.29, 1.82) is 0 Å². The van der Waals surface area contributed by atoms with Gasteiger partial charge >= 0.3 is 0 Å². The van der Waals surface area contributed by atoms with Crippen molar-refractivity contribution in [2.75, 3.05) is 12.4 Å². The van der Waals surface area contributed by atoms with Gasteiger partial charge in [-0.3, -0.25) is 0 Å². The maximum atomic E-state index is 13.2. The number of rotatable bonds is 5. The van der Waals surface area contributed by atoms with Gasteiger partial charge in [0.15, 0.2) is 11.6 Å². The molecule has 0 amide bonds. The van der Waals surface area contributed by atoms with Crippen LogP contribution in [-0.4, -0.2) is 20.8 Å². The van der Waals surface area contributed by atoms with Gasteiger partial charge in [0.25, 0.3) is 0 Å². The maximum Gasteiger partial charge on any atom is 0.209 e. The van der Waals surface area contributed by atoms with Gasteiger partial charge in [-0.1, -0.05) is 15.9 Å². The van der Waals surface area contributed by atoms with Gasteiger partial charge in [0.1, 0.15) is 0 Å². The van der Waals surface area contributed by atoms with Crippen molar-refractivity contribution in [3.63, 3.8) is 0 Å². The number of benzene rings is 1. The number of hydrogen-bond donors (Lipinski definition) is 1. The molecule has 0 aliphatic carbocycles. The highest BCUT2D eigenvalue weighted by atomic mass is 79.9. The van der Waals surface area contributed by atoms with Crippen molar-refractivity contribution in [2.24, 2.45) is 5.14 Å². The van der Waals surface area contributed by atoms with Crippen LogP contribution in [0.5, 0.6) is 5.75 Å². The van der Waals surface area contributed by atoms with Crippen LogP contribution in [-0.2, 0) is 10.0 Å². The predicted octanol–water partition coefficient (Wildman–Crippen LogP) is 1.78. The molecule has 1 aromatic rings. The monoisotopic (exact) mass is 329 g/mol. The molecule has 17 heavy (non-hydrogen) atoms. The van der Waals surface area contributed by atoms with E-state index >= 15 is 0 Å². The summed E-state index contributed by atoms with van der Waals surface area (Å²) in [6.45, 7) is -0.0662. The zero-order valence-electron chi connectivity index (χ0n) is 8.62. The molecule has 0 spiro atoms. The molecule has 0 saturated heterocycles. The maximum absolute atomic E-state index is 13.2. The van der Waals surface area contributed by atoms with Crippen LogP contribution < -0.4 is 9.88 Å². The molecule has 4 nitrogen and oxygen atoms in total. The lowest BCUT2D eigenvalue weighted by molar-refractivity contribution is 0.295. The number of sulfonamides is 1. The third kappa shape index (κ3) is 4.97. The Bertz CT molecular complexity index is 507. The van der Waals surface area contributed by atoms with E-state index in [0.717, 1.165) is 6.07 Å². The van der Waals surface area contributed by atoms with E-state index < -0.39 is 21.7 Å². The summed E-state index contributed by atoms with van der Waals surface area (Å²) in [5, 5.41) is 4.77. The van der Waals surface area contributed by atoms with Crippen LogP contribution in [0.1, 0.15) is 6.42 Å². The molecular formula is C9H10BrF2NO3S. The molecule has 1 rings (SSSR count). The number of nitrogens with two attached hydrogens (primary N) is 1. The van der Waals surface area contributed by atoms with Gasteiger partial charge in [0.2, 0.25) is 15.8 Å². The minimum absolute atomic E-state index is 0.0662. The van der Waals surface area contributed by atoms with Crippen molar-refractivity contribution < 1.29 is 21.9 Å². The summed E-state index contributed by atoms with van der Waals surface area (Å²) in [5.41, 5.74) is 0. The molecule has 1 aromatic carbocycles. The second-order valence-electron chi connectivity index (χ2n) is 3.27. The lowest BCUT2D eigenvalue weighted by atomic mass is 10.3. The first-order valence-electron chi connectivity index (χ1n) is 4.57. The van der Waals surface area contributed by atoms with E-state index in [1.165, 1.54) is 6.07 Å². The number of halogens is 3. The van der Waals surface area contributed by atoms with E-state index in [-0.39, 0.29) is 24.5 Å². The van der Waals surface area contributed by atoms with Crippen molar-refractivity contribution in [1.82, 2.24) is 0 Å². The highest BCUT2D eigenvalue weighted by Crippen LogP contribution is 2.25. The Morgan fingerprint density at radius 2 is 2.00 bits per heavy atom. The summed E-state index contributed by atoms with van der Waals surface area (Å²) in [7, 11) is -3.56. The standard InChI is InChI=1S/C9H10BrF2NO3S/c10-6-4-7(11)9(12)8(5-6)16-2-1-3-17(13,14)15/h4-5H,1-3H2,(H2,13,14,15). The molecule has 0 atom stereocenters. The molecule has 0 unspecified atom stereocenters. The van der Waals surface area contributed by atoms with Crippen LogP contribution >= 0.6 is 15.9 Å². The van der Waals surface area contributed by atoms with Crippen LogP contribution in [0.4, 0.5) is 8.78 Å². The summed E-state index contributed by atoms with van der Waals surface area (Å²) in [6.07, 6.45) is 0.104. The molecule has 0 aromatic heterocycles. The number of primary sulfonamides is 1. The largest absolute Gasteiger partial charge is 0.490 e. The van der Waals surface area contributed by atoms with Crippen molar-refractivity contribution in [2.45, 2.75) is 6.42 Å². The lowest BCUT2D eigenvalue weighted by Crippen LogP contribution is -2.18. The zero-order chi connectivity index (χ0) is 13.1. The molecule has 96 valence electrons. The van der Waals surface area contributed by atoms with Crippen LogP contribution in [0.3, 0.4) is 0 Å². The molecule has 0 fully saturated rings. The first-order valence-corrected chi connectivity index (χ1v) is 7.08. The van der Waals surface area contributed by atoms with Crippen LogP contribution in [0, 0.1) is 11.6 Å². The van der Waals surface area contributed by atoms with Gasteiger partial charge in [0, 0.05) is 4.47 Å². The van der Waals surface area contributed by atoms with Crippen LogP contribution in [0.15, 0.2) is 16.6 Å². The van der Waals surface area contributed by atoms with E-state index in [1.54, 1.807) is 0 Å². The van der Waals surface area contributed by atoms with Gasteiger partial charge in [-0.25, -0.2) is 17.9 Å². The topological polar surface area (TPSA) is 69.4 Å². The summed E-state index contributed by atoms with van der Waals surface area (Å²) < 4.78 is 52.6. The zero-order valence-corrected chi connectivity index (χ0v) is 11.0. The van der Waals surface area contributed by atoms with Crippen molar-refractivity contribution >= 4 is 26.0 Å². The Hall–Kier alpha value is -0.730. The first kappa shape index (κ1) is 14.3. The fourth-order valence-electron chi connectivity index (χ4n) is 1.08. The Morgan fingerprint density at radius 3 is 2.59 bits per heavy atom. The minimum Gasteiger partial charge on any atom is -0.490 e. The van der Waals surface area contributed by atoms with E-state index in [1.807, 2.05) is 0 Å². The quantitative estimate of drug-likeness (QED) is 0.661. The Balaban J connectivity index is 2.58. The van der Waals surface area contributed by atoms with E-state index in [0.29, 0.717) is 4.47 Å². The van der Waals surface area contributed by atoms with Gasteiger partial charge in [0.05, 0.1) is 12.4 Å². The normalized spacial score (nSPS) is 11.5. The highest BCUT2D eigenvalue weighted by Gasteiger charge is 2.11. The molecule has 8 heteroatoms. The van der Waals surface area contributed by atoms with Gasteiger partial charge in [-0.2, -0.15) is 4.39 Å². The average molecular weight is 330 g/mol. The minimum atomic E-state index is -3.56. The molecule has 0 bridgehead atoms. The van der Waals surface area contributed by atoms with E-state index in [9.17, 15) is 17.2 Å². The smallest absolute Gasteiger partial charge is 0.209 e. The third-order valence-corrected chi connectivity index (χ3v) is 3.11. The highest BCUT2D eigenvalue weighted by molar-refractivity contribution is 9.10. The average Bonchev–Trinajstić information content (AvgIpc) is 2.18. The fraction of sp³-hybridized carbons (Fsp3) is 0.333. The summed E-state index contributed by atoms with van der Waals surface area (Å²) in [4.78, 5) is 0. The fourth-order valence-corrected chi connectivity index (χ4v) is 2.01. The second-order valence-corrected chi connectivity index (χ2v) is 5.92. The Labute approximate surface area is 106 Å². The van der Waals surface area contributed by atoms with Gasteiger partial charge in [-0.05, 0) is 18.6 Å². The van der Waals surface area contributed by atoms with E-state index in [4.69, 9.17) is 9.88 Å². The second kappa shape index (κ2) is 5.74. The Kier molecular flexibility index (Phi) is 4.84. The van der Waals surface area contributed by atoms with Gasteiger partial charge < -0.3 is 4.74 Å². The van der Waals surface area contributed by atoms with Crippen LogP contribution in [0.25, 0.3) is 0 Å². The summed E-state index contributed by atoms with van der Waals surface area (Å²) in [6, 6.07) is 2.22. The summed E-state index contributed by atoms with van der Waals surface area (Å²) >= 11 is 2.99. The molecule has 0 aliphatic heterocycles. The molecule has 0 heterocycles. The third-order valence-electron chi connectivity index (χ3n) is 1.79. The molecular weight excluding hydrogens is 320 g/mol.